The Morgan fingerprint density at radius 1 is 1.63 bits per heavy atom. The van der Waals surface area contributed by atoms with Crippen LogP contribution in [0.1, 0.15) is 37.5 Å². The van der Waals surface area contributed by atoms with Crippen LogP contribution in [0.3, 0.4) is 0 Å². The molecule has 1 aromatic rings. The van der Waals surface area contributed by atoms with Crippen molar-refractivity contribution in [2.24, 2.45) is 5.41 Å². The largest absolute Gasteiger partial charge is 0.383 e. The fourth-order valence-corrected chi connectivity index (χ4v) is 3.25. The van der Waals surface area contributed by atoms with E-state index in [9.17, 15) is 15.2 Å². The molecule has 1 heterocycles. The molecule has 102 valence electrons. The Hall–Kier alpha value is -1.38. The third-order valence-electron chi connectivity index (χ3n) is 3.75. The number of aliphatic hydroxyl groups is 1. The second-order valence-electron chi connectivity index (χ2n) is 5.33. The first kappa shape index (κ1) is 14.0. The van der Waals surface area contributed by atoms with Crippen LogP contribution in [0.25, 0.3) is 0 Å². The third-order valence-corrected chi connectivity index (χ3v) is 4.87. The first-order chi connectivity index (χ1) is 9.00. The fraction of sp³-hybridized carbons (Fsp3) is 0.571. The number of carbonyl (C=O) groups is 1. The number of nitriles is 1. The quantitative estimate of drug-likeness (QED) is 0.886. The molecule has 2 rings (SSSR count). The van der Waals surface area contributed by atoms with Crippen LogP contribution >= 0.6 is 11.3 Å². The third kappa shape index (κ3) is 2.80. The molecule has 4 nitrogen and oxygen atoms in total. The standard InChI is InChI=1S/C14H18N2O2S/c1-13(18,11-5-4-8-19-11)10-16-12(17)14(9-15)6-2-3-7-14/h4-5,8,18H,2-3,6-7,10H2,1H3,(H,16,17)/t13-/m0/s1. The van der Waals surface area contributed by atoms with E-state index >= 15 is 0 Å². The average Bonchev–Trinajstić information content (AvgIpc) is 3.07. The van der Waals surface area contributed by atoms with Gasteiger partial charge in [-0.2, -0.15) is 5.26 Å². The second kappa shape index (κ2) is 5.32. The Morgan fingerprint density at radius 3 is 2.84 bits per heavy atom. The van der Waals surface area contributed by atoms with Gasteiger partial charge in [0.2, 0.25) is 5.91 Å². The van der Waals surface area contributed by atoms with E-state index in [2.05, 4.69) is 11.4 Å². The van der Waals surface area contributed by atoms with Gasteiger partial charge in [-0.3, -0.25) is 4.79 Å². The van der Waals surface area contributed by atoms with Crippen LogP contribution in [0.4, 0.5) is 0 Å². The molecule has 0 saturated heterocycles. The van der Waals surface area contributed by atoms with Gasteiger partial charge in [-0.1, -0.05) is 18.9 Å². The van der Waals surface area contributed by atoms with Gasteiger partial charge in [0.25, 0.3) is 0 Å². The number of rotatable bonds is 4. The summed E-state index contributed by atoms with van der Waals surface area (Å²) in [6.07, 6.45) is 3.08. The zero-order chi connectivity index (χ0) is 13.9. The molecule has 0 aliphatic heterocycles. The minimum atomic E-state index is -1.08. The van der Waals surface area contributed by atoms with Crippen molar-refractivity contribution in [1.29, 1.82) is 5.26 Å². The zero-order valence-electron chi connectivity index (χ0n) is 11.0. The van der Waals surface area contributed by atoms with Gasteiger partial charge in [-0.25, -0.2) is 0 Å². The minimum Gasteiger partial charge on any atom is -0.383 e. The molecule has 1 atom stereocenters. The summed E-state index contributed by atoms with van der Waals surface area (Å²) in [7, 11) is 0. The van der Waals surface area contributed by atoms with E-state index in [1.807, 2.05) is 17.5 Å². The van der Waals surface area contributed by atoms with Crippen LogP contribution in [0, 0.1) is 16.7 Å². The van der Waals surface area contributed by atoms with E-state index in [1.165, 1.54) is 11.3 Å². The first-order valence-corrected chi connectivity index (χ1v) is 7.34. The number of thiophene rings is 1. The Kier molecular flexibility index (Phi) is 3.93. The van der Waals surface area contributed by atoms with Gasteiger partial charge in [0.05, 0.1) is 12.6 Å². The maximum atomic E-state index is 12.2. The summed E-state index contributed by atoms with van der Waals surface area (Å²) in [6, 6.07) is 5.86. The number of hydrogen-bond acceptors (Lipinski definition) is 4. The molecule has 2 N–H and O–H groups in total. The number of amides is 1. The molecule has 19 heavy (non-hydrogen) atoms. The minimum absolute atomic E-state index is 0.135. The van der Waals surface area contributed by atoms with Crippen LogP contribution in [0.5, 0.6) is 0 Å². The molecular formula is C14H18N2O2S. The molecule has 0 bridgehead atoms. The van der Waals surface area contributed by atoms with Gasteiger partial charge in [0.15, 0.2) is 0 Å². The topological polar surface area (TPSA) is 73.1 Å². The SMILES string of the molecule is C[C@](O)(CNC(=O)C1(C#N)CCCC1)c1cccs1. The van der Waals surface area contributed by atoms with E-state index < -0.39 is 11.0 Å². The van der Waals surface area contributed by atoms with Crippen molar-refractivity contribution in [3.05, 3.63) is 22.4 Å². The van der Waals surface area contributed by atoms with Crippen molar-refractivity contribution in [3.8, 4) is 6.07 Å². The van der Waals surface area contributed by atoms with Crippen molar-refractivity contribution in [3.63, 3.8) is 0 Å². The summed E-state index contributed by atoms with van der Waals surface area (Å²) < 4.78 is 0. The highest BCUT2D eigenvalue weighted by atomic mass is 32.1. The lowest BCUT2D eigenvalue weighted by Crippen LogP contribution is -2.44. The Balaban J connectivity index is 1.99. The Bertz CT molecular complexity index is 482. The van der Waals surface area contributed by atoms with E-state index in [0.29, 0.717) is 12.8 Å². The van der Waals surface area contributed by atoms with Gasteiger partial charge in [0.1, 0.15) is 11.0 Å². The van der Waals surface area contributed by atoms with Crippen LogP contribution in [0.2, 0.25) is 0 Å². The molecule has 1 saturated carbocycles. The van der Waals surface area contributed by atoms with Gasteiger partial charge < -0.3 is 10.4 Å². The van der Waals surface area contributed by atoms with Crippen molar-refractivity contribution in [1.82, 2.24) is 5.32 Å². The highest BCUT2D eigenvalue weighted by molar-refractivity contribution is 7.10. The summed E-state index contributed by atoms with van der Waals surface area (Å²) in [5.41, 5.74) is -1.97. The molecule has 1 amide bonds. The molecule has 1 fully saturated rings. The second-order valence-corrected chi connectivity index (χ2v) is 6.28. The van der Waals surface area contributed by atoms with Crippen LogP contribution in [-0.4, -0.2) is 17.6 Å². The first-order valence-electron chi connectivity index (χ1n) is 6.46. The average molecular weight is 278 g/mol. The molecule has 0 radical (unpaired) electrons. The van der Waals surface area contributed by atoms with Crippen molar-refractivity contribution >= 4 is 17.2 Å². The smallest absolute Gasteiger partial charge is 0.240 e. The van der Waals surface area contributed by atoms with Gasteiger partial charge in [-0.15, -0.1) is 11.3 Å². The predicted octanol–water partition coefficient (Wildman–Crippen LogP) is 2.16. The van der Waals surface area contributed by atoms with Crippen LogP contribution in [0.15, 0.2) is 17.5 Å². The molecule has 0 spiro atoms. The van der Waals surface area contributed by atoms with Crippen molar-refractivity contribution in [2.45, 2.75) is 38.2 Å². The van der Waals surface area contributed by atoms with Gasteiger partial charge >= 0.3 is 0 Å². The van der Waals surface area contributed by atoms with Crippen molar-refractivity contribution < 1.29 is 9.90 Å². The van der Waals surface area contributed by atoms with Crippen molar-refractivity contribution in [2.75, 3.05) is 6.54 Å². The summed E-state index contributed by atoms with van der Waals surface area (Å²) in [4.78, 5) is 13.0. The Labute approximate surface area is 117 Å². The maximum Gasteiger partial charge on any atom is 0.240 e. The lowest BCUT2D eigenvalue weighted by atomic mass is 9.87. The van der Waals surface area contributed by atoms with Crippen LogP contribution in [-0.2, 0) is 10.4 Å². The van der Waals surface area contributed by atoms with Gasteiger partial charge in [0, 0.05) is 4.88 Å². The monoisotopic (exact) mass is 278 g/mol. The summed E-state index contributed by atoms with van der Waals surface area (Å²) >= 11 is 1.45. The summed E-state index contributed by atoms with van der Waals surface area (Å²) in [5, 5.41) is 24.2. The zero-order valence-corrected chi connectivity index (χ0v) is 11.8. The lowest BCUT2D eigenvalue weighted by Gasteiger charge is -2.25. The summed E-state index contributed by atoms with van der Waals surface area (Å²) in [5.74, 6) is -0.246. The van der Waals surface area contributed by atoms with E-state index in [1.54, 1.807) is 6.92 Å². The Morgan fingerprint density at radius 2 is 2.32 bits per heavy atom. The normalized spacial score (nSPS) is 20.5. The highest BCUT2D eigenvalue weighted by Gasteiger charge is 2.42. The number of hydrogen-bond donors (Lipinski definition) is 2. The molecule has 1 aromatic heterocycles. The molecule has 1 aliphatic rings. The van der Waals surface area contributed by atoms with E-state index in [4.69, 9.17) is 0 Å². The summed E-state index contributed by atoms with van der Waals surface area (Å²) in [6.45, 7) is 1.81. The van der Waals surface area contributed by atoms with E-state index in [0.717, 1.165) is 17.7 Å². The highest BCUT2D eigenvalue weighted by Crippen LogP contribution is 2.37. The number of nitrogens with one attached hydrogen (secondary N) is 1. The van der Waals surface area contributed by atoms with Crippen LogP contribution < -0.4 is 5.32 Å². The maximum absolute atomic E-state index is 12.2. The predicted molar refractivity (Wildman–Crippen MR) is 73.4 cm³/mol. The molecular weight excluding hydrogens is 260 g/mol. The molecule has 0 unspecified atom stereocenters. The number of carbonyl (C=O) groups excluding carboxylic acids is 1. The number of nitrogens with zero attached hydrogens (tertiary/aromatic N) is 1. The molecule has 0 aromatic carbocycles. The molecule has 1 aliphatic carbocycles. The fourth-order valence-electron chi connectivity index (χ4n) is 2.46. The molecule has 5 heteroatoms. The van der Waals surface area contributed by atoms with Gasteiger partial charge in [-0.05, 0) is 31.2 Å². The lowest BCUT2D eigenvalue weighted by molar-refractivity contribution is -0.129. The van der Waals surface area contributed by atoms with E-state index in [-0.39, 0.29) is 12.5 Å².